The maximum atomic E-state index is 12.7. The number of hydrogen-bond acceptors (Lipinski definition) is 6. The minimum absolute atomic E-state index is 0.102. The van der Waals surface area contributed by atoms with Crippen molar-refractivity contribution in [1.82, 2.24) is 9.29 Å². The molecular formula is C19H21N3O5S. The predicted octanol–water partition coefficient (Wildman–Crippen LogP) is 2.05. The molecule has 1 amide bonds. The topological polar surface area (TPSA) is 106 Å². The van der Waals surface area contributed by atoms with E-state index < -0.39 is 28.5 Å². The number of piperidine rings is 1. The zero-order valence-corrected chi connectivity index (χ0v) is 16.0. The first-order valence-corrected chi connectivity index (χ1v) is 10.4. The quantitative estimate of drug-likeness (QED) is 0.740. The van der Waals surface area contributed by atoms with Crippen LogP contribution in [-0.4, -0.2) is 49.3 Å². The number of carbonyl (C=O) groups is 2. The normalized spacial score (nSPS) is 15.0. The van der Waals surface area contributed by atoms with E-state index in [0.717, 1.165) is 19.3 Å². The van der Waals surface area contributed by atoms with Crippen LogP contribution >= 0.6 is 0 Å². The number of amides is 1. The lowest BCUT2D eigenvalue weighted by Crippen LogP contribution is -2.35. The van der Waals surface area contributed by atoms with Crippen molar-refractivity contribution < 1.29 is 22.7 Å². The van der Waals surface area contributed by atoms with Gasteiger partial charge in [-0.05, 0) is 43.2 Å². The average molecular weight is 403 g/mol. The molecule has 1 N–H and O–H groups in total. The number of nitrogens with one attached hydrogen (secondary N) is 1. The first kappa shape index (κ1) is 20.0. The fourth-order valence-electron chi connectivity index (χ4n) is 2.87. The molecule has 2 heterocycles. The molecule has 3 rings (SSSR count). The number of esters is 1. The van der Waals surface area contributed by atoms with Crippen LogP contribution in [0.15, 0.2) is 53.6 Å². The Morgan fingerprint density at radius 3 is 2.57 bits per heavy atom. The molecule has 0 aliphatic carbocycles. The fraction of sp³-hybridized carbons (Fsp3) is 0.316. The molecule has 0 spiro atoms. The molecule has 0 bridgehead atoms. The van der Waals surface area contributed by atoms with Crippen LogP contribution in [0.3, 0.4) is 0 Å². The molecule has 9 heteroatoms. The van der Waals surface area contributed by atoms with Gasteiger partial charge in [0.05, 0.1) is 4.90 Å². The summed E-state index contributed by atoms with van der Waals surface area (Å²) in [6, 6.07) is 10.8. The Kier molecular flexibility index (Phi) is 6.37. The molecule has 1 aromatic heterocycles. The lowest BCUT2D eigenvalue weighted by molar-refractivity contribution is -0.119. The lowest BCUT2D eigenvalue weighted by atomic mass is 10.2. The second kappa shape index (κ2) is 8.94. The third-order valence-electron chi connectivity index (χ3n) is 4.28. The summed E-state index contributed by atoms with van der Waals surface area (Å²) in [5.41, 5.74) is 0.418. The van der Waals surface area contributed by atoms with Gasteiger partial charge < -0.3 is 10.1 Å². The zero-order valence-electron chi connectivity index (χ0n) is 15.2. The molecular weight excluding hydrogens is 382 g/mol. The van der Waals surface area contributed by atoms with Crippen molar-refractivity contribution in [3.63, 3.8) is 0 Å². The summed E-state index contributed by atoms with van der Waals surface area (Å²) >= 11 is 0. The predicted molar refractivity (Wildman–Crippen MR) is 102 cm³/mol. The summed E-state index contributed by atoms with van der Waals surface area (Å²) in [6.45, 7) is 0.503. The standard InChI is InChI=1S/C19H21N3O5S/c23-18(14-27-19(24)17-9-2-3-10-20-17)21-15-7-6-8-16(13-15)28(25,26)22-11-4-1-5-12-22/h2-3,6-10,13H,1,4-5,11-12,14H2,(H,21,23). The van der Waals surface area contributed by atoms with Crippen LogP contribution in [0.25, 0.3) is 0 Å². The molecule has 2 aromatic rings. The van der Waals surface area contributed by atoms with E-state index in [1.54, 1.807) is 24.3 Å². The number of anilines is 1. The molecule has 1 fully saturated rings. The van der Waals surface area contributed by atoms with E-state index in [4.69, 9.17) is 4.74 Å². The Morgan fingerprint density at radius 1 is 1.07 bits per heavy atom. The minimum Gasteiger partial charge on any atom is -0.451 e. The van der Waals surface area contributed by atoms with Gasteiger partial charge in [0.2, 0.25) is 10.0 Å². The summed E-state index contributed by atoms with van der Waals surface area (Å²) in [4.78, 5) is 27.8. The molecule has 1 aromatic carbocycles. The van der Waals surface area contributed by atoms with Gasteiger partial charge in [0.15, 0.2) is 6.61 Å². The van der Waals surface area contributed by atoms with Gasteiger partial charge in [-0.2, -0.15) is 4.31 Å². The van der Waals surface area contributed by atoms with Gasteiger partial charge in [-0.25, -0.2) is 18.2 Å². The van der Waals surface area contributed by atoms with E-state index >= 15 is 0 Å². The summed E-state index contributed by atoms with van der Waals surface area (Å²) in [5.74, 6) is -1.28. The van der Waals surface area contributed by atoms with Gasteiger partial charge in [-0.1, -0.05) is 18.6 Å². The van der Waals surface area contributed by atoms with Crippen molar-refractivity contribution in [2.75, 3.05) is 25.0 Å². The number of hydrogen-bond donors (Lipinski definition) is 1. The SMILES string of the molecule is O=C(COC(=O)c1ccccn1)Nc1cccc(S(=O)(=O)N2CCCCC2)c1. The molecule has 148 valence electrons. The highest BCUT2D eigenvalue weighted by molar-refractivity contribution is 7.89. The van der Waals surface area contributed by atoms with Crippen LogP contribution in [0.1, 0.15) is 29.8 Å². The van der Waals surface area contributed by atoms with Crippen molar-refractivity contribution in [3.8, 4) is 0 Å². The van der Waals surface area contributed by atoms with E-state index in [1.165, 1.54) is 28.7 Å². The summed E-state index contributed by atoms with van der Waals surface area (Å²) in [6.07, 6.45) is 4.17. The summed E-state index contributed by atoms with van der Waals surface area (Å²) in [5, 5.41) is 2.54. The van der Waals surface area contributed by atoms with Crippen molar-refractivity contribution in [2.45, 2.75) is 24.2 Å². The van der Waals surface area contributed by atoms with Crippen LogP contribution in [0.4, 0.5) is 5.69 Å². The smallest absolute Gasteiger partial charge is 0.357 e. The highest BCUT2D eigenvalue weighted by Gasteiger charge is 2.26. The second-order valence-corrected chi connectivity index (χ2v) is 8.27. The van der Waals surface area contributed by atoms with Crippen LogP contribution in [0, 0.1) is 0 Å². The Hall–Kier alpha value is -2.78. The molecule has 8 nitrogen and oxygen atoms in total. The van der Waals surface area contributed by atoms with E-state index in [-0.39, 0.29) is 10.6 Å². The second-order valence-electron chi connectivity index (χ2n) is 6.33. The monoisotopic (exact) mass is 403 g/mol. The fourth-order valence-corrected chi connectivity index (χ4v) is 4.44. The van der Waals surface area contributed by atoms with Gasteiger partial charge in [0.25, 0.3) is 5.91 Å². The summed E-state index contributed by atoms with van der Waals surface area (Å²) < 4.78 is 31.8. The molecule has 0 radical (unpaired) electrons. The van der Waals surface area contributed by atoms with Crippen LogP contribution in [0.5, 0.6) is 0 Å². The maximum Gasteiger partial charge on any atom is 0.357 e. The largest absolute Gasteiger partial charge is 0.451 e. The number of aromatic nitrogens is 1. The van der Waals surface area contributed by atoms with Crippen LogP contribution in [0.2, 0.25) is 0 Å². The number of ether oxygens (including phenoxy) is 1. The number of sulfonamides is 1. The van der Waals surface area contributed by atoms with Crippen LogP contribution < -0.4 is 5.32 Å². The van der Waals surface area contributed by atoms with Gasteiger partial charge in [-0.15, -0.1) is 0 Å². The van der Waals surface area contributed by atoms with Gasteiger partial charge in [-0.3, -0.25) is 4.79 Å². The maximum absolute atomic E-state index is 12.7. The number of rotatable bonds is 6. The average Bonchev–Trinajstić information content (AvgIpc) is 2.73. The molecule has 1 aliphatic rings. The van der Waals surface area contributed by atoms with Gasteiger partial charge in [0, 0.05) is 25.0 Å². The van der Waals surface area contributed by atoms with Crippen molar-refractivity contribution in [1.29, 1.82) is 0 Å². The highest BCUT2D eigenvalue weighted by Crippen LogP contribution is 2.22. The van der Waals surface area contributed by atoms with Gasteiger partial charge in [0.1, 0.15) is 5.69 Å². The number of pyridine rings is 1. The van der Waals surface area contributed by atoms with Crippen molar-refractivity contribution in [3.05, 3.63) is 54.4 Å². The van der Waals surface area contributed by atoms with E-state index in [9.17, 15) is 18.0 Å². The molecule has 1 saturated heterocycles. The number of carbonyl (C=O) groups excluding carboxylic acids is 2. The molecule has 28 heavy (non-hydrogen) atoms. The minimum atomic E-state index is -3.59. The Labute approximate surface area is 163 Å². The molecule has 0 unspecified atom stereocenters. The first-order valence-electron chi connectivity index (χ1n) is 8.95. The van der Waals surface area contributed by atoms with Crippen LogP contribution in [-0.2, 0) is 19.6 Å². The van der Waals surface area contributed by atoms with Crippen molar-refractivity contribution >= 4 is 27.6 Å². The van der Waals surface area contributed by atoms with Gasteiger partial charge >= 0.3 is 5.97 Å². The van der Waals surface area contributed by atoms with E-state index in [1.807, 2.05) is 0 Å². The summed E-state index contributed by atoms with van der Waals surface area (Å²) in [7, 11) is -3.59. The number of benzene rings is 1. The van der Waals surface area contributed by atoms with Crippen molar-refractivity contribution in [2.24, 2.45) is 0 Å². The zero-order chi connectivity index (χ0) is 20.0. The molecule has 0 saturated carbocycles. The highest BCUT2D eigenvalue weighted by atomic mass is 32.2. The third kappa shape index (κ3) is 4.93. The Balaban J connectivity index is 1.61. The van der Waals surface area contributed by atoms with E-state index in [0.29, 0.717) is 18.8 Å². The molecule has 1 aliphatic heterocycles. The Morgan fingerprint density at radius 2 is 1.86 bits per heavy atom. The lowest BCUT2D eigenvalue weighted by Gasteiger charge is -2.26. The third-order valence-corrected chi connectivity index (χ3v) is 6.17. The molecule has 0 atom stereocenters. The first-order chi connectivity index (χ1) is 13.5. The number of nitrogens with zero attached hydrogens (tertiary/aromatic N) is 2. The van der Waals surface area contributed by atoms with E-state index in [2.05, 4.69) is 10.3 Å². The Bertz CT molecular complexity index is 941.